The zero-order valence-corrected chi connectivity index (χ0v) is 13.7. The third-order valence-corrected chi connectivity index (χ3v) is 5.43. The van der Waals surface area contributed by atoms with Gasteiger partial charge in [-0.1, -0.05) is 0 Å². The summed E-state index contributed by atoms with van der Waals surface area (Å²) < 4.78 is 28.1. The quantitative estimate of drug-likeness (QED) is 0.841. The second kappa shape index (κ2) is 5.12. The number of nitrogens with one attached hydrogen (secondary N) is 2. The summed E-state index contributed by atoms with van der Waals surface area (Å²) in [7, 11) is 0. The molecule has 2 N–H and O–H groups in total. The molecule has 3 aliphatic rings. The van der Waals surface area contributed by atoms with Crippen LogP contribution in [0.4, 0.5) is 19.3 Å². The van der Waals surface area contributed by atoms with Gasteiger partial charge >= 0.3 is 6.03 Å². The highest BCUT2D eigenvalue weighted by Crippen LogP contribution is 2.55. The van der Waals surface area contributed by atoms with Crippen molar-refractivity contribution < 1.29 is 18.4 Å². The Morgan fingerprint density at radius 1 is 1.27 bits per heavy atom. The van der Waals surface area contributed by atoms with Crippen LogP contribution in [0.5, 0.6) is 0 Å². The fourth-order valence-corrected chi connectivity index (χ4v) is 3.80. The number of nitrogens with zero attached hydrogens (tertiary/aromatic N) is 4. The fourth-order valence-electron chi connectivity index (χ4n) is 3.80. The van der Waals surface area contributed by atoms with Crippen LogP contribution >= 0.6 is 0 Å². The minimum atomic E-state index is -2.51. The van der Waals surface area contributed by atoms with Crippen molar-refractivity contribution in [1.29, 1.82) is 0 Å². The molecule has 8 nitrogen and oxygen atoms in total. The van der Waals surface area contributed by atoms with E-state index in [4.69, 9.17) is 0 Å². The van der Waals surface area contributed by atoms with Gasteiger partial charge in [-0.2, -0.15) is 5.10 Å². The van der Waals surface area contributed by atoms with Gasteiger partial charge in [0.1, 0.15) is 0 Å². The van der Waals surface area contributed by atoms with Gasteiger partial charge in [-0.3, -0.25) is 10.1 Å². The lowest BCUT2D eigenvalue weighted by Crippen LogP contribution is -2.51. The summed E-state index contributed by atoms with van der Waals surface area (Å²) in [4.78, 5) is 29.7. The lowest BCUT2D eigenvalue weighted by atomic mass is 9.93. The van der Waals surface area contributed by atoms with E-state index in [1.165, 1.54) is 0 Å². The number of halogens is 2. The monoisotopic (exact) mass is 362 g/mol. The lowest BCUT2D eigenvalue weighted by molar-refractivity contribution is -0.122. The van der Waals surface area contributed by atoms with Crippen molar-refractivity contribution in [2.24, 2.45) is 11.8 Å². The van der Waals surface area contributed by atoms with E-state index in [2.05, 4.69) is 20.7 Å². The Labute approximate surface area is 146 Å². The van der Waals surface area contributed by atoms with Crippen LogP contribution in [-0.4, -0.2) is 52.1 Å². The number of alkyl halides is 2. The Bertz CT molecular complexity index is 923. The first kappa shape index (κ1) is 15.5. The lowest BCUT2D eigenvalue weighted by Gasteiger charge is -2.41. The van der Waals surface area contributed by atoms with Crippen molar-refractivity contribution in [1.82, 2.24) is 25.2 Å². The third-order valence-electron chi connectivity index (χ3n) is 5.43. The molecule has 0 spiro atoms. The standard InChI is InChI=1S/C16H16F2N6O2/c17-16(18)4-10(16)8-6-23(7-8)12-3-11(22-24-2-1-19-13(12)24)9-5-20-15(26)21-14(9)25/h1-3,8-10H,4-7H2,(H2,20,21,25,26). The fraction of sp³-hybridized carbons (Fsp3) is 0.500. The van der Waals surface area contributed by atoms with Gasteiger partial charge in [-0.05, 0) is 6.07 Å². The first-order chi connectivity index (χ1) is 12.4. The van der Waals surface area contributed by atoms with Gasteiger partial charge in [0, 0.05) is 50.3 Å². The minimum absolute atomic E-state index is 0.0195. The van der Waals surface area contributed by atoms with E-state index >= 15 is 0 Å². The highest BCUT2D eigenvalue weighted by atomic mass is 19.3. The number of carbonyl (C=O) groups is 2. The second-order valence-electron chi connectivity index (χ2n) is 7.14. The first-order valence-corrected chi connectivity index (χ1v) is 8.48. The Morgan fingerprint density at radius 3 is 2.73 bits per heavy atom. The molecule has 136 valence electrons. The smallest absolute Gasteiger partial charge is 0.321 e. The number of hydrogen-bond donors (Lipinski definition) is 2. The molecule has 3 fully saturated rings. The number of fused-ring (bicyclic) bond motifs is 1. The van der Waals surface area contributed by atoms with Gasteiger partial charge in [0.05, 0.1) is 17.3 Å². The maximum absolute atomic E-state index is 13.3. The molecule has 2 atom stereocenters. The number of rotatable bonds is 3. The van der Waals surface area contributed by atoms with E-state index < -0.39 is 29.7 Å². The number of urea groups is 1. The largest absolute Gasteiger partial charge is 0.368 e. The molecule has 10 heteroatoms. The van der Waals surface area contributed by atoms with Crippen LogP contribution in [0.3, 0.4) is 0 Å². The van der Waals surface area contributed by atoms with E-state index in [1.807, 2.05) is 4.90 Å². The number of aromatic nitrogens is 3. The van der Waals surface area contributed by atoms with E-state index in [9.17, 15) is 18.4 Å². The van der Waals surface area contributed by atoms with Crippen molar-refractivity contribution in [3.05, 3.63) is 24.2 Å². The molecule has 1 saturated carbocycles. The average Bonchev–Trinajstić information content (AvgIpc) is 2.94. The molecule has 2 aromatic heterocycles. The summed E-state index contributed by atoms with van der Waals surface area (Å²) in [5.74, 6) is -4.07. The molecule has 2 saturated heterocycles. The highest BCUT2D eigenvalue weighted by Gasteiger charge is 2.62. The molecule has 4 heterocycles. The maximum atomic E-state index is 13.3. The van der Waals surface area contributed by atoms with Crippen LogP contribution in [0.25, 0.3) is 5.65 Å². The number of amides is 3. The molecular formula is C16H16F2N6O2. The predicted molar refractivity (Wildman–Crippen MR) is 86.0 cm³/mol. The van der Waals surface area contributed by atoms with Gasteiger partial charge < -0.3 is 10.2 Å². The number of anilines is 1. The van der Waals surface area contributed by atoms with Crippen LogP contribution in [0.15, 0.2) is 18.5 Å². The number of imide groups is 1. The topological polar surface area (TPSA) is 91.6 Å². The van der Waals surface area contributed by atoms with Crippen molar-refractivity contribution in [2.75, 3.05) is 24.5 Å². The zero-order valence-electron chi connectivity index (χ0n) is 13.7. The van der Waals surface area contributed by atoms with Crippen molar-refractivity contribution in [3.8, 4) is 0 Å². The third kappa shape index (κ3) is 2.31. The minimum Gasteiger partial charge on any atom is -0.368 e. The van der Waals surface area contributed by atoms with Crippen LogP contribution in [0.1, 0.15) is 18.0 Å². The predicted octanol–water partition coefficient (Wildman–Crippen LogP) is 0.744. The van der Waals surface area contributed by atoms with E-state index in [1.54, 1.807) is 23.0 Å². The second-order valence-corrected chi connectivity index (χ2v) is 7.14. The Hall–Kier alpha value is -2.78. The van der Waals surface area contributed by atoms with Crippen molar-refractivity contribution in [2.45, 2.75) is 18.3 Å². The van der Waals surface area contributed by atoms with Crippen LogP contribution in [0, 0.1) is 11.8 Å². The zero-order chi connectivity index (χ0) is 18.1. The molecule has 2 aliphatic heterocycles. The molecule has 3 amide bonds. The first-order valence-electron chi connectivity index (χ1n) is 8.48. The average molecular weight is 362 g/mol. The summed E-state index contributed by atoms with van der Waals surface area (Å²) >= 11 is 0. The number of hydrogen-bond acceptors (Lipinski definition) is 5. The maximum Gasteiger partial charge on any atom is 0.321 e. The molecule has 5 rings (SSSR count). The molecule has 1 aliphatic carbocycles. The molecule has 2 aromatic rings. The number of carbonyl (C=O) groups excluding carboxylic acids is 2. The van der Waals surface area contributed by atoms with E-state index in [0.717, 1.165) is 5.69 Å². The SMILES string of the molecule is O=C1NCC(c2cc(N3CC(C4CC4(F)F)C3)c3nccn3n2)C(=O)N1. The van der Waals surface area contributed by atoms with Gasteiger partial charge in [-0.15, -0.1) is 0 Å². The van der Waals surface area contributed by atoms with Crippen molar-refractivity contribution in [3.63, 3.8) is 0 Å². The van der Waals surface area contributed by atoms with Crippen LogP contribution in [0.2, 0.25) is 0 Å². The molecular weight excluding hydrogens is 346 g/mol. The highest BCUT2D eigenvalue weighted by molar-refractivity contribution is 6.00. The Balaban J connectivity index is 1.43. The molecule has 0 aromatic carbocycles. The van der Waals surface area contributed by atoms with Crippen LogP contribution < -0.4 is 15.5 Å². The summed E-state index contributed by atoms with van der Waals surface area (Å²) in [6.07, 6.45) is 3.26. The van der Waals surface area contributed by atoms with Gasteiger partial charge in [0.25, 0.3) is 5.92 Å². The Morgan fingerprint density at radius 2 is 2.04 bits per heavy atom. The normalized spacial score (nSPS) is 27.8. The van der Waals surface area contributed by atoms with Gasteiger partial charge in [0.15, 0.2) is 5.65 Å². The molecule has 0 bridgehead atoms. The number of imidazole rings is 1. The summed E-state index contributed by atoms with van der Waals surface area (Å²) in [5.41, 5.74) is 1.89. The van der Waals surface area contributed by atoms with E-state index in [-0.39, 0.29) is 18.9 Å². The van der Waals surface area contributed by atoms with Gasteiger partial charge in [-0.25, -0.2) is 23.1 Å². The molecule has 26 heavy (non-hydrogen) atoms. The van der Waals surface area contributed by atoms with Crippen LogP contribution in [-0.2, 0) is 4.79 Å². The summed E-state index contributed by atoms with van der Waals surface area (Å²) in [6.45, 7) is 1.24. The summed E-state index contributed by atoms with van der Waals surface area (Å²) in [6, 6.07) is 1.25. The molecule has 2 unspecified atom stereocenters. The summed E-state index contributed by atoms with van der Waals surface area (Å²) in [5, 5.41) is 9.24. The van der Waals surface area contributed by atoms with E-state index in [0.29, 0.717) is 24.4 Å². The Kier molecular flexibility index (Phi) is 3.05. The van der Waals surface area contributed by atoms with Gasteiger partial charge in [0.2, 0.25) is 5.91 Å². The molecule has 0 radical (unpaired) electrons. The van der Waals surface area contributed by atoms with Crippen molar-refractivity contribution >= 4 is 23.3 Å².